The van der Waals surface area contributed by atoms with Gasteiger partial charge in [-0.25, -0.2) is 4.79 Å². The van der Waals surface area contributed by atoms with Crippen LogP contribution in [0.3, 0.4) is 0 Å². The number of esters is 1. The summed E-state index contributed by atoms with van der Waals surface area (Å²) in [5.41, 5.74) is 0.513. The van der Waals surface area contributed by atoms with Gasteiger partial charge in [-0.1, -0.05) is 19.1 Å². The molecule has 0 saturated heterocycles. The molecule has 3 rings (SSSR count). The number of ether oxygens (including phenoxy) is 2. The Morgan fingerprint density at radius 2 is 1.82 bits per heavy atom. The monoisotopic (exact) mass is 456 g/mol. The predicted molar refractivity (Wildman–Crippen MR) is 120 cm³/mol. The van der Waals surface area contributed by atoms with Crippen molar-refractivity contribution in [1.29, 1.82) is 0 Å². The second-order valence-electron chi connectivity index (χ2n) is 7.27. The lowest BCUT2D eigenvalue weighted by Gasteiger charge is -2.14. The number of rotatable bonds is 9. The summed E-state index contributed by atoms with van der Waals surface area (Å²) in [5.74, 6) is -1.28. The fourth-order valence-corrected chi connectivity index (χ4v) is 3.41. The van der Waals surface area contributed by atoms with Crippen LogP contribution < -0.4 is 15.7 Å². The molecule has 0 bridgehead atoms. The van der Waals surface area contributed by atoms with Gasteiger partial charge in [-0.05, 0) is 37.6 Å². The summed E-state index contributed by atoms with van der Waals surface area (Å²) in [6.07, 6.45) is -0.508. The molecule has 1 N–H and O–H groups in total. The maximum Gasteiger partial charge on any atom is 0.329 e. The first-order valence-corrected chi connectivity index (χ1v) is 10.3. The average molecular weight is 456 g/mol. The number of nitrogens with zero attached hydrogens (tertiary/aromatic N) is 3. The lowest BCUT2D eigenvalue weighted by atomic mass is 10.2. The summed E-state index contributed by atoms with van der Waals surface area (Å²) in [6, 6.07) is 11.0. The molecule has 3 aromatic rings. The van der Waals surface area contributed by atoms with E-state index in [1.807, 2.05) is 6.92 Å². The molecule has 1 heterocycles. The van der Waals surface area contributed by atoms with Crippen LogP contribution >= 0.6 is 0 Å². The molecular weight excluding hydrogens is 432 g/mol. The summed E-state index contributed by atoms with van der Waals surface area (Å²) in [5, 5.41) is 13.7. The van der Waals surface area contributed by atoms with Crippen molar-refractivity contribution in [3.8, 4) is 5.75 Å². The highest BCUT2D eigenvalue weighted by atomic mass is 16.6. The van der Waals surface area contributed by atoms with Crippen LogP contribution in [0, 0.1) is 10.1 Å². The molecule has 0 aliphatic heterocycles. The van der Waals surface area contributed by atoms with Gasteiger partial charge in [-0.15, -0.1) is 0 Å². The highest BCUT2D eigenvalue weighted by Crippen LogP contribution is 2.29. The van der Waals surface area contributed by atoms with Gasteiger partial charge in [0.2, 0.25) is 0 Å². The number of amides is 1. The molecule has 1 atom stereocenters. The van der Waals surface area contributed by atoms with Crippen LogP contribution in [0.4, 0.5) is 11.4 Å². The Balaban J connectivity index is 1.73. The lowest BCUT2D eigenvalue weighted by Crippen LogP contribution is -2.33. The number of nitrogens with one attached hydrogen (secondary N) is 1. The van der Waals surface area contributed by atoms with Gasteiger partial charge in [0.15, 0.2) is 6.10 Å². The molecule has 0 spiro atoms. The number of imidazole rings is 1. The summed E-state index contributed by atoms with van der Waals surface area (Å²) in [7, 11) is 1.36. The smallest absolute Gasteiger partial charge is 0.329 e. The fourth-order valence-electron chi connectivity index (χ4n) is 3.41. The third-order valence-corrected chi connectivity index (χ3v) is 5.00. The summed E-state index contributed by atoms with van der Waals surface area (Å²) in [4.78, 5) is 48.4. The van der Waals surface area contributed by atoms with Gasteiger partial charge in [0.1, 0.15) is 18.0 Å². The number of hydrogen-bond donors (Lipinski definition) is 1. The van der Waals surface area contributed by atoms with Gasteiger partial charge < -0.3 is 14.8 Å². The number of nitro benzene ring substituents is 1. The number of carbonyl (C=O) groups is 2. The number of aryl methyl sites for hydroxylation is 1. The van der Waals surface area contributed by atoms with Crippen LogP contribution in [0.15, 0.2) is 47.3 Å². The molecule has 0 saturated carbocycles. The molecule has 174 valence electrons. The normalized spacial score (nSPS) is 11.7. The van der Waals surface area contributed by atoms with Crippen molar-refractivity contribution in [1.82, 2.24) is 9.13 Å². The third kappa shape index (κ3) is 5.03. The van der Waals surface area contributed by atoms with E-state index >= 15 is 0 Å². The first-order chi connectivity index (χ1) is 15.8. The van der Waals surface area contributed by atoms with Crippen LogP contribution in [0.5, 0.6) is 5.75 Å². The van der Waals surface area contributed by atoms with Gasteiger partial charge >= 0.3 is 11.7 Å². The fraction of sp³-hybridized carbons (Fsp3) is 0.318. The third-order valence-electron chi connectivity index (χ3n) is 5.00. The van der Waals surface area contributed by atoms with Gasteiger partial charge in [0.25, 0.3) is 11.6 Å². The molecule has 1 amide bonds. The van der Waals surface area contributed by atoms with Crippen LogP contribution in [-0.4, -0.2) is 39.1 Å². The van der Waals surface area contributed by atoms with Crippen molar-refractivity contribution in [2.45, 2.75) is 39.5 Å². The standard InChI is InChI=1S/C22H24N4O7/c1-4-11-24-17-7-5-6-8-18(17)25(22(24)29)13-20(27)33-14(2)21(28)23-16-10-9-15(32-3)12-19(16)26(30)31/h5-10,12,14H,4,11,13H2,1-3H3,(H,23,28). The zero-order valence-electron chi connectivity index (χ0n) is 18.4. The highest BCUT2D eigenvalue weighted by Gasteiger charge is 2.24. The van der Waals surface area contributed by atoms with E-state index in [-0.39, 0.29) is 29.4 Å². The minimum Gasteiger partial charge on any atom is -0.496 e. The Morgan fingerprint density at radius 1 is 1.15 bits per heavy atom. The maximum absolute atomic E-state index is 12.8. The molecule has 0 aliphatic carbocycles. The Labute approximate surface area is 188 Å². The highest BCUT2D eigenvalue weighted by molar-refractivity contribution is 5.97. The molecule has 0 aliphatic rings. The van der Waals surface area contributed by atoms with Crippen LogP contribution in [-0.2, 0) is 27.4 Å². The van der Waals surface area contributed by atoms with E-state index in [1.165, 1.54) is 36.8 Å². The first-order valence-electron chi connectivity index (χ1n) is 10.3. The lowest BCUT2D eigenvalue weighted by molar-refractivity contribution is -0.384. The van der Waals surface area contributed by atoms with E-state index < -0.39 is 22.9 Å². The van der Waals surface area contributed by atoms with Crippen molar-refractivity contribution < 1.29 is 24.0 Å². The van der Waals surface area contributed by atoms with Gasteiger partial charge in [-0.2, -0.15) is 0 Å². The largest absolute Gasteiger partial charge is 0.496 e. The predicted octanol–water partition coefficient (Wildman–Crippen LogP) is 2.70. The van der Waals surface area contributed by atoms with E-state index in [9.17, 15) is 24.5 Å². The molecule has 33 heavy (non-hydrogen) atoms. The van der Waals surface area contributed by atoms with Crippen molar-refractivity contribution in [2.75, 3.05) is 12.4 Å². The molecule has 1 aromatic heterocycles. The summed E-state index contributed by atoms with van der Waals surface area (Å²) < 4.78 is 13.0. The second-order valence-corrected chi connectivity index (χ2v) is 7.27. The molecule has 2 aromatic carbocycles. The van der Waals surface area contributed by atoms with E-state index in [0.717, 1.165) is 6.42 Å². The molecule has 0 fully saturated rings. The van der Waals surface area contributed by atoms with Crippen molar-refractivity contribution in [3.63, 3.8) is 0 Å². The summed E-state index contributed by atoms with van der Waals surface area (Å²) in [6.45, 7) is 3.41. The SMILES string of the molecule is CCCn1c(=O)n(CC(=O)OC(C)C(=O)Nc2ccc(OC)cc2[N+](=O)[O-])c2ccccc21. The average Bonchev–Trinajstić information content (AvgIpc) is 3.05. The topological polar surface area (TPSA) is 135 Å². The van der Waals surface area contributed by atoms with Crippen LogP contribution in [0.1, 0.15) is 20.3 Å². The molecule has 1 unspecified atom stereocenters. The Bertz CT molecular complexity index is 1260. The maximum atomic E-state index is 12.8. The number of aromatic nitrogens is 2. The number of carbonyl (C=O) groups excluding carboxylic acids is 2. The van der Waals surface area contributed by atoms with E-state index in [4.69, 9.17) is 9.47 Å². The number of hydrogen-bond acceptors (Lipinski definition) is 7. The number of anilines is 1. The quantitative estimate of drug-likeness (QED) is 0.297. The van der Waals surface area contributed by atoms with Crippen molar-refractivity contribution in [2.24, 2.45) is 0 Å². The van der Waals surface area contributed by atoms with Crippen molar-refractivity contribution in [3.05, 3.63) is 63.1 Å². The van der Waals surface area contributed by atoms with Crippen LogP contribution in [0.25, 0.3) is 11.0 Å². The molecular formula is C22H24N4O7. The van der Waals surface area contributed by atoms with Gasteiger partial charge in [0, 0.05) is 6.54 Å². The minimum atomic E-state index is -1.25. The Morgan fingerprint density at radius 3 is 2.42 bits per heavy atom. The van der Waals surface area contributed by atoms with Gasteiger partial charge in [0.05, 0.1) is 29.1 Å². The number of para-hydroxylation sites is 2. The van der Waals surface area contributed by atoms with Crippen LogP contribution in [0.2, 0.25) is 0 Å². The Hall–Kier alpha value is -4.15. The van der Waals surface area contributed by atoms with E-state index in [0.29, 0.717) is 17.6 Å². The number of nitro groups is 1. The Kier molecular flexibility index (Phi) is 7.11. The van der Waals surface area contributed by atoms with E-state index in [1.54, 1.807) is 28.8 Å². The zero-order chi connectivity index (χ0) is 24.1. The molecule has 11 heteroatoms. The molecule has 0 radical (unpaired) electrons. The van der Waals surface area contributed by atoms with Gasteiger partial charge in [-0.3, -0.25) is 28.8 Å². The molecule has 11 nitrogen and oxygen atoms in total. The minimum absolute atomic E-state index is 0.0624. The van der Waals surface area contributed by atoms with Crippen molar-refractivity contribution >= 4 is 34.3 Å². The zero-order valence-corrected chi connectivity index (χ0v) is 18.4. The van der Waals surface area contributed by atoms with E-state index in [2.05, 4.69) is 5.32 Å². The second kappa shape index (κ2) is 9.98. The first kappa shape index (κ1) is 23.5. The number of methoxy groups -OCH3 is 1. The number of benzene rings is 2. The number of fused-ring (bicyclic) bond motifs is 1. The summed E-state index contributed by atoms with van der Waals surface area (Å²) >= 11 is 0.